The summed E-state index contributed by atoms with van der Waals surface area (Å²) in [6.07, 6.45) is 4.09. The van der Waals surface area contributed by atoms with E-state index in [4.69, 9.17) is 9.47 Å². The molecule has 0 spiro atoms. The molecule has 0 radical (unpaired) electrons. The molecule has 1 aromatic heterocycles. The number of hydrogen-bond acceptors (Lipinski definition) is 6. The third-order valence-corrected chi connectivity index (χ3v) is 6.40. The van der Waals surface area contributed by atoms with Crippen molar-refractivity contribution in [3.05, 3.63) is 128 Å². The van der Waals surface area contributed by atoms with Gasteiger partial charge in [-0.15, -0.1) is 11.3 Å². The van der Waals surface area contributed by atoms with Crippen LogP contribution in [-0.4, -0.2) is 17.8 Å². The van der Waals surface area contributed by atoms with Crippen molar-refractivity contribution in [2.24, 2.45) is 0 Å². The zero-order valence-corrected chi connectivity index (χ0v) is 19.9. The second kappa shape index (κ2) is 11.3. The van der Waals surface area contributed by atoms with Gasteiger partial charge in [0.25, 0.3) is 0 Å². The van der Waals surface area contributed by atoms with Crippen molar-refractivity contribution in [2.45, 2.75) is 13.0 Å². The molecule has 0 aliphatic heterocycles. The molecule has 4 aromatic rings. The van der Waals surface area contributed by atoms with Crippen molar-refractivity contribution < 1.29 is 19.2 Å². The minimum absolute atomic E-state index is 0.0668. The van der Waals surface area contributed by atoms with Gasteiger partial charge in [0.05, 0.1) is 16.9 Å². The second-order valence-corrected chi connectivity index (χ2v) is 8.88. The molecular weight excluding hydrogens is 462 g/mol. The highest BCUT2D eigenvalue weighted by atomic mass is 32.1. The highest BCUT2D eigenvalue weighted by Crippen LogP contribution is 2.29. The summed E-state index contributed by atoms with van der Waals surface area (Å²) in [5, 5.41) is 11.2. The number of allylic oxidation sites excluding steroid dienone is 1. The van der Waals surface area contributed by atoms with Crippen LogP contribution in [0.15, 0.2) is 91.0 Å². The number of nitrogens with zero attached hydrogens (tertiary/aromatic N) is 1. The molecule has 3 aromatic carbocycles. The summed E-state index contributed by atoms with van der Waals surface area (Å²) in [4.78, 5) is 25.3. The molecule has 0 fully saturated rings. The quantitative estimate of drug-likeness (QED) is 0.108. The minimum atomic E-state index is -0.479. The number of nitro groups is 1. The molecule has 0 bridgehead atoms. The van der Waals surface area contributed by atoms with Crippen molar-refractivity contribution in [2.75, 3.05) is 7.11 Å². The average Bonchev–Trinajstić information content (AvgIpc) is 3.35. The van der Waals surface area contributed by atoms with Crippen molar-refractivity contribution >= 4 is 28.9 Å². The molecule has 0 atom stereocenters. The van der Waals surface area contributed by atoms with Crippen LogP contribution < -0.4 is 9.47 Å². The first kappa shape index (κ1) is 23.9. The van der Waals surface area contributed by atoms with Crippen molar-refractivity contribution in [3.63, 3.8) is 0 Å². The second-order valence-electron chi connectivity index (χ2n) is 7.71. The van der Waals surface area contributed by atoms with Crippen LogP contribution in [0.2, 0.25) is 0 Å². The van der Waals surface area contributed by atoms with E-state index in [0.717, 1.165) is 16.9 Å². The number of nitro benzene ring substituents is 1. The fourth-order valence-electron chi connectivity index (χ4n) is 3.56. The lowest BCUT2D eigenvalue weighted by Gasteiger charge is -2.11. The number of methoxy groups -OCH3 is 1. The summed E-state index contributed by atoms with van der Waals surface area (Å²) in [5.41, 5.74) is 2.61. The fraction of sp³-hybridized carbons (Fsp3) is 0.107. The zero-order valence-electron chi connectivity index (χ0n) is 19.0. The molecule has 6 nitrogen and oxygen atoms in total. The minimum Gasteiger partial charge on any atom is -0.496 e. The van der Waals surface area contributed by atoms with E-state index in [9.17, 15) is 14.9 Å². The van der Waals surface area contributed by atoms with Crippen LogP contribution in [-0.2, 0) is 13.0 Å². The molecule has 0 amide bonds. The van der Waals surface area contributed by atoms with E-state index in [1.54, 1.807) is 43.5 Å². The van der Waals surface area contributed by atoms with E-state index in [2.05, 4.69) is 12.1 Å². The van der Waals surface area contributed by atoms with E-state index >= 15 is 0 Å². The number of ketones is 1. The lowest BCUT2D eigenvalue weighted by molar-refractivity contribution is -0.385. The molecule has 0 N–H and O–H groups in total. The van der Waals surface area contributed by atoms with Gasteiger partial charge in [0.1, 0.15) is 12.4 Å². The van der Waals surface area contributed by atoms with Gasteiger partial charge in [0.15, 0.2) is 11.5 Å². The molecule has 0 unspecified atom stereocenters. The first-order valence-electron chi connectivity index (χ1n) is 10.9. The third-order valence-electron chi connectivity index (χ3n) is 5.30. The molecule has 176 valence electrons. The van der Waals surface area contributed by atoms with Crippen LogP contribution in [0, 0.1) is 10.1 Å². The van der Waals surface area contributed by atoms with Crippen LogP contribution >= 0.6 is 11.3 Å². The van der Waals surface area contributed by atoms with Crippen molar-refractivity contribution in [1.82, 2.24) is 0 Å². The zero-order chi connectivity index (χ0) is 24.6. The van der Waals surface area contributed by atoms with E-state index in [-0.39, 0.29) is 23.8 Å². The molecule has 4 rings (SSSR count). The third kappa shape index (κ3) is 6.22. The van der Waals surface area contributed by atoms with Gasteiger partial charge in [-0.1, -0.05) is 54.6 Å². The van der Waals surface area contributed by atoms with Gasteiger partial charge < -0.3 is 9.47 Å². The molecule has 0 aliphatic carbocycles. The summed E-state index contributed by atoms with van der Waals surface area (Å²) < 4.78 is 11.1. The van der Waals surface area contributed by atoms with Gasteiger partial charge in [0.2, 0.25) is 0 Å². The monoisotopic (exact) mass is 485 g/mol. The SMILES string of the molecule is COc1ccc(/C=C/C(=O)c2ccc(Cc3ccccc3)s2)cc1COc1ccccc1[N+](=O)[O-]. The van der Waals surface area contributed by atoms with Gasteiger partial charge >= 0.3 is 5.69 Å². The summed E-state index contributed by atoms with van der Waals surface area (Å²) >= 11 is 1.49. The smallest absolute Gasteiger partial charge is 0.310 e. The Morgan fingerprint density at radius 2 is 1.74 bits per heavy atom. The molecule has 0 saturated heterocycles. The van der Waals surface area contributed by atoms with Gasteiger partial charge in [-0.25, -0.2) is 0 Å². The molecule has 35 heavy (non-hydrogen) atoms. The van der Waals surface area contributed by atoms with Crippen LogP contribution in [0.1, 0.15) is 31.2 Å². The van der Waals surface area contributed by atoms with E-state index in [1.807, 2.05) is 42.5 Å². The molecular formula is C28H23NO5S. The number of carbonyl (C=O) groups excluding carboxylic acids is 1. The van der Waals surface area contributed by atoms with Crippen molar-refractivity contribution in [3.8, 4) is 11.5 Å². The Kier molecular flexibility index (Phi) is 7.70. The predicted octanol–water partition coefficient (Wildman–Crippen LogP) is 6.73. The number of thiophene rings is 1. The van der Waals surface area contributed by atoms with Gasteiger partial charge in [-0.05, 0) is 47.5 Å². The van der Waals surface area contributed by atoms with Gasteiger partial charge in [0, 0.05) is 22.9 Å². The maximum absolute atomic E-state index is 12.7. The van der Waals surface area contributed by atoms with Crippen LogP contribution in [0.3, 0.4) is 0 Å². The number of rotatable bonds is 10. The topological polar surface area (TPSA) is 78.7 Å². The number of hydrogen-bond donors (Lipinski definition) is 0. The Balaban J connectivity index is 1.45. The normalized spacial score (nSPS) is 10.9. The summed E-state index contributed by atoms with van der Waals surface area (Å²) in [7, 11) is 1.55. The van der Waals surface area contributed by atoms with Crippen LogP contribution in [0.5, 0.6) is 11.5 Å². The Hall–Kier alpha value is -4.23. The Morgan fingerprint density at radius 1 is 0.971 bits per heavy atom. The average molecular weight is 486 g/mol. The largest absolute Gasteiger partial charge is 0.496 e. The first-order chi connectivity index (χ1) is 17.0. The van der Waals surface area contributed by atoms with E-state index in [1.165, 1.54) is 23.0 Å². The van der Waals surface area contributed by atoms with Gasteiger partial charge in [-0.3, -0.25) is 14.9 Å². The Labute approximate surface area is 207 Å². The lowest BCUT2D eigenvalue weighted by Crippen LogP contribution is -2.01. The summed E-state index contributed by atoms with van der Waals surface area (Å²) in [5.74, 6) is 0.707. The number of benzene rings is 3. The van der Waals surface area contributed by atoms with Crippen molar-refractivity contribution in [1.29, 1.82) is 0 Å². The summed E-state index contributed by atoms with van der Waals surface area (Å²) in [6.45, 7) is 0.0808. The Morgan fingerprint density at radius 3 is 2.51 bits per heavy atom. The lowest BCUT2D eigenvalue weighted by atomic mass is 10.1. The highest BCUT2D eigenvalue weighted by Gasteiger charge is 2.15. The predicted molar refractivity (Wildman–Crippen MR) is 137 cm³/mol. The first-order valence-corrected chi connectivity index (χ1v) is 11.7. The number of para-hydroxylation sites is 2. The maximum Gasteiger partial charge on any atom is 0.310 e. The molecule has 0 aliphatic rings. The molecule has 1 heterocycles. The van der Waals surface area contributed by atoms with E-state index in [0.29, 0.717) is 16.2 Å². The number of ether oxygens (including phenoxy) is 2. The van der Waals surface area contributed by atoms with Gasteiger partial charge in [-0.2, -0.15) is 0 Å². The van der Waals surface area contributed by atoms with E-state index < -0.39 is 4.92 Å². The standard InChI is InChI=1S/C28H23NO5S/c1-33-26-15-12-21(17-22(26)19-34-27-10-6-5-9-24(27)29(31)32)11-14-25(30)28-16-13-23(35-28)18-20-7-3-2-4-8-20/h2-17H,18-19H2,1H3/b14-11+. The fourth-order valence-corrected chi connectivity index (χ4v) is 4.52. The highest BCUT2D eigenvalue weighted by molar-refractivity contribution is 7.14. The maximum atomic E-state index is 12.7. The van der Waals surface area contributed by atoms with Crippen LogP contribution in [0.4, 0.5) is 5.69 Å². The summed E-state index contributed by atoms with van der Waals surface area (Å²) in [6, 6.07) is 25.7. The number of carbonyl (C=O) groups is 1. The molecule has 0 saturated carbocycles. The molecule has 7 heteroatoms. The van der Waals surface area contributed by atoms with Crippen LogP contribution in [0.25, 0.3) is 6.08 Å². The Bertz CT molecular complexity index is 1360.